The Morgan fingerprint density at radius 3 is 2.41 bits per heavy atom. The third kappa shape index (κ3) is 4.59. The Bertz CT molecular complexity index is 955. The summed E-state index contributed by atoms with van der Waals surface area (Å²) in [5.74, 6) is -1.75. The Kier molecular flexibility index (Phi) is 5.63. The number of esters is 1. The molecule has 1 unspecified atom stereocenters. The first kappa shape index (κ1) is 18.3. The number of nitrogens with two attached hydrogens (primary N) is 1. The maximum Gasteiger partial charge on any atom is 0.339 e. The van der Waals surface area contributed by atoms with Gasteiger partial charge in [0.25, 0.3) is 11.8 Å². The zero-order valence-corrected chi connectivity index (χ0v) is 14.9. The van der Waals surface area contributed by atoms with Crippen molar-refractivity contribution < 1.29 is 19.1 Å². The van der Waals surface area contributed by atoms with Crippen LogP contribution in [-0.4, -0.2) is 17.8 Å². The molecule has 2 amide bonds. The zero-order valence-electron chi connectivity index (χ0n) is 14.1. The molecule has 0 aliphatic heterocycles. The second kappa shape index (κ2) is 8.29. The highest BCUT2D eigenvalue weighted by atomic mass is 32.1. The molecule has 3 N–H and O–H groups in total. The van der Waals surface area contributed by atoms with E-state index in [1.807, 2.05) is 0 Å². The van der Waals surface area contributed by atoms with E-state index in [0.717, 1.165) is 0 Å². The monoisotopic (exact) mass is 380 g/mol. The van der Waals surface area contributed by atoms with Crippen molar-refractivity contribution in [3.8, 4) is 0 Å². The van der Waals surface area contributed by atoms with Gasteiger partial charge in [-0.15, -0.1) is 11.3 Å². The second-order valence-electron chi connectivity index (χ2n) is 5.61. The number of thiophene rings is 1. The van der Waals surface area contributed by atoms with E-state index in [-0.39, 0.29) is 11.5 Å². The molecule has 2 aromatic carbocycles. The van der Waals surface area contributed by atoms with E-state index in [0.29, 0.717) is 16.1 Å². The SMILES string of the molecule is NC(=O)C(OC(=O)c1cccc(NC(=O)c2cccs2)c1)c1ccccc1. The summed E-state index contributed by atoms with van der Waals surface area (Å²) in [5, 5.41) is 4.52. The summed E-state index contributed by atoms with van der Waals surface area (Å²) in [6.07, 6.45) is -1.19. The lowest BCUT2D eigenvalue weighted by molar-refractivity contribution is -0.127. The van der Waals surface area contributed by atoms with Gasteiger partial charge >= 0.3 is 5.97 Å². The molecule has 0 aliphatic carbocycles. The lowest BCUT2D eigenvalue weighted by atomic mass is 10.1. The highest BCUT2D eigenvalue weighted by Gasteiger charge is 2.23. The average molecular weight is 380 g/mol. The number of primary amides is 1. The molecular formula is C20H16N2O4S. The minimum Gasteiger partial charge on any atom is -0.444 e. The van der Waals surface area contributed by atoms with E-state index < -0.39 is 18.0 Å². The van der Waals surface area contributed by atoms with Gasteiger partial charge in [0.1, 0.15) is 0 Å². The van der Waals surface area contributed by atoms with Crippen molar-refractivity contribution in [2.24, 2.45) is 5.73 Å². The minimum absolute atomic E-state index is 0.196. The third-order valence-corrected chi connectivity index (χ3v) is 4.56. The summed E-state index contributed by atoms with van der Waals surface area (Å²) in [7, 11) is 0. The molecule has 0 spiro atoms. The molecule has 0 saturated carbocycles. The number of hydrogen-bond acceptors (Lipinski definition) is 5. The van der Waals surface area contributed by atoms with Gasteiger partial charge in [-0.3, -0.25) is 9.59 Å². The standard InChI is InChI=1S/C20H16N2O4S/c21-18(23)17(13-6-2-1-3-7-13)26-20(25)14-8-4-9-15(12-14)22-19(24)16-10-5-11-27-16/h1-12,17H,(H2,21,23)(H,22,24). The number of benzene rings is 2. The Balaban J connectivity index is 1.74. The number of ether oxygens (including phenoxy) is 1. The van der Waals surface area contributed by atoms with Gasteiger partial charge in [-0.2, -0.15) is 0 Å². The number of carbonyl (C=O) groups excluding carboxylic acids is 3. The lowest BCUT2D eigenvalue weighted by Gasteiger charge is -2.15. The van der Waals surface area contributed by atoms with Crippen molar-refractivity contribution in [3.05, 3.63) is 88.1 Å². The van der Waals surface area contributed by atoms with Crippen LogP contribution in [0.15, 0.2) is 72.1 Å². The van der Waals surface area contributed by atoms with Gasteiger partial charge in [-0.25, -0.2) is 4.79 Å². The van der Waals surface area contributed by atoms with Gasteiger partial charge in [0.05, 0.1) is 10.4 Å². The molecule has 0 aliphatic rings. The molecule has 6 nitrogen and oxygen atoms in total. The zero-order chi connectivity index (χ0) is 19.2. The molecule has 7 heteroatoms. The quantitative estimate of drug-likeness (QED) is 0.641. The topological polar surface area (TPSA) is 98.5 Å². The number of amides is 2. The Labute approximate surface area is 159 Å². The number of anilines is 1. The largest absolute Gasteiger partial charge is 0.444 e. The molecule has 1 aromatic heterocycles. The van der Waals surface area contributed by atoms with E-state index in [4.69, 9.17) is 10.5 Å². The fourth-order valence-corrected chi connectivity index (χ4v) is 3.04. The first-order valence-electron chi connectivity index (χ1n) is 8.05. The predicted octanol–water partition coefficient (Wildman–Crippen LogP) is 3.38. The van der Waals surface area contributed by atoms with Crippen molar-refractivity contribution >= 4 is 34.8 Å². The minimum atomic E-state index is -1.19. The molecule has 1 atom stereocenters. The summed E-state index contributed by atoms with van der Waals surface area (Å²) in [4.78, 5) is 36.8. The molecule has 0 saturated heterocycles. The fraction of sp³-hybridized carbons (Fsp3) is 0.0500. The van der Waals surface area contributed by atoms with Crippen LogP contribution in [0.3, 0.4) is 0 Å². The first-order chi connectivity index (χ1) is 13.0. The highest BCUT2D eigenvalue weighted by molar-refractivity contribution is 7.12. The van der Waals surface area contributed by atoms with Crippen molar-refractivity contribution in [2.45, 2.75) is 6.10 Å². The molecule has 1 heterocycles. The van der Waals surface area contributed by atoms with Gasteiger partial charge in [0.15, 0.2) is 0 Å². The Morgan fingerprint density at radius 2 is 1.74 bits per heavy atom. The molecular weight excluding hydrogens is 364 g/mol. The summed E-state index contributed by atoms with van der Waals surface area (Å²) in [6.45, 7) is 0. The van der Waals surface area contributed by atoms with Crippen molar-refractivity contribution in [1.82, 2.24) is 0 Å². The molecule has 3 aromatic rings. The van der Waals surface area contributed by atoms with Crippen LogP contribution in [0, 0.1) is 0 Å². The smallest absolute Gasteiger partial charge is 0.339 e. The van der Waals surface area contributed by atoms with E-state index in [9.17, 15) is 14.4 Å². The van der Waals surface area contributed by atoms with E-state index in [1.165, 1.54) is 23.5 Å². The van der Waals surface area contributed by atoms with Crippen LogP contribution in [0.1, 0.15) is 31.7 Å². The van der Waals surface area contributed by atoms with Crippen LogP contribution in [0.5, 0.6) is 0 Å². The molecule has 0 fully saturated rings. The van der Waals surface area contributed by atoms with Gasteiger partial charge in [-0.1, -0.05) is 42.5 Å². The van der Waals surface area contributed by atoms with Crippen LogP contribution >= 0.6 is 11.3 Å². The molecule has 0 radical (unpaired) electrons. The van der Waals surface area contributed by atoms with Crippen LogP contribution in [0.25, 0.3) is 0 Å². The van der Waals surface area contributed by atoms with Crippen LogP contribution in [0.2, 0.25) is 0 Å². The van der Waals surface area contributed by atoms with Gasteiger partial charge in [0, 0.05) is 11.3 Å². The van der Waals surface area contributed by atoms with Gasteiger partial charge in [-0.05, 0) is 29.6 Å². The van der Waals surface area contributed by atoms with E-state index in [2.05, 4.69) is 5.32 Å². The summed E-state index contributed by atoms with van der Waals surface area (Å²) in [5.41, 5.74) is 6.50. The summed E-state index contributed by atoms with van der Waals surface area (Å²) in [6, 6.07) is 18.3. The van der Waals surface area contributed by atoms with Gasteiger partial charge in [0.2, 0.25) is 6.10 Å². The summed E-state index contributed by atoms with van der Waals surface area (Å²) < 4.78 is 5.29. The van der Waals surface area contributed by atoms with Crippen molar-refractivity contribution in [1.29, 1.82) is 0 Å². The normalized spacial score (nSPS) is 11.4. The average Bonchev–Trinajstić information content (AvgIpc) is 3.21. The Morgan fingerprint density at radius 1 is 0.963 bits per heavy atom. The first-order valence-corrected chi connectivity index (χ1v) is 8.93. The van der Waals surface area contributed by atoms with Crippen LogP contribution in [-0.2, 0) is 9.53 Å². The lowest BCUT2D eigenvalue weighted by Crippen LogP contribution is -2.26. The second-order valence-corrected chi connectivity index (χ2v) is 6.56. The predicted molar refractivity (Wildman–Crippen MR) is 103 cm³/mol. The fourth-order valence-electron chi connectivity index (χ4n) is 2.42. The van der Waals surface area contributed by atoms with Gasteiger partial charge < -0.3 is 15.8 Å². The molecule has 136 valence electrons. The molecule has 3 rings (SSSR count). The van der Waals surface area contributed by atoms with Crippen molar-refractivity contribution in [2.75, 3.05) is 5.32 Å². The Hall–Kier alpha value is -3.45. The van der Waals surface area contributed by atoms with Crippen molar-refractivity contribution in [3.63, 3.8) is 0 Å². The number of nitrogens with one attached hydrogen (secondary N) is 1. The number of hydrogen-bond donors (Lipinski definition) is 2. The highest BCUT2D eigenvalue weighted by Crippen LogP contribution is 2.20. The van der Waals surface area contributed by atoms with Crippen LogP contribution < -0.4 is 11.1 Å². The number of rotatable bonds is 6. The molecule has 0 bridgehead atoms. The van der Waals surface area contributed by atoms with Crippen LogP contribution in [0.4, 0.5) is 5.69 Å². The maximum absolute atomic E-state index is 12.5. The van der Waals surface area contributed by atoms with E-state index in [1.54, 1.807) is 60.0 Å². The number of carbonyl (C=O) groups is 3. The third-order valence-electron chi connectivity index (χ3n) is 3.69. The molecule has 27 heavy (non-hydrogen) atoms. The maximum atomic E-state index is 12.5. The summed E-state index contributed by atoms with van der Waals surface area (Å²) >= 11 is 1.31. The van der Waals surface area contributed by atoms with E-state index >= 15 is 0 Å².